The Hall–Kier alpha value is 0.290. The van der Waals surface area contributed by atoms with Crippen molar-refractivity contribution in [3.05, 3.63) is 0 Å². The van der Waals surface area contributed by atoms with Crippen LogP contribution in [0.25, 0.3) is 0 Å². The van der Waals surface area contributed by atoms with E-state index in [0.717, 1.165) is 6.42 Å². The minimum Gasteiger partial charge on any atom is -0.119 e. The zero-order valence-electron chi connectivity index (χ0n) is 10.1. The van der Waals surface area contributed by atoms with Crippen LogP contribution in [0.4, 0.5) is 0 Å². The van der Waals surface area contributed by atoms with Gasteiger partial charge in [0.1, 0.15) is 0 Å². The Morgan fingerprint density at radius 2 is 1.62 bits per heavy atom. The lowest BCUT2D eigenvalue weighted by Gasteiger charge is -2.43. The molecule has 0 aromatic rings. The van der Waals surface area contributed by atoms with E-state index in [2.05, 4.69) is 41.5 Å². The predicted molar refractivity (Wildman–Crippen MR) is 62.4 cm³/mol. The van der Waals surface area contributed by atoms with Gasteiger partial charge in [0.15, 0.2) is 0 Å². The summed E-state index contributed by atoms with van der Waals surface area (Å²) < 4.78 is 0. The highest BCUT2D eigenvalue weighted by Crippen LogP contribution is 2.46. The lowest BCUT2D eigenvalue weighted by atomic mass is 9.69. The van der Waals surface area contributed by atoms with Crippen LogP contribution < -0.4 is 0 Å². The molecule has 0 bridgehead atoms. The van der Waals surface area contributed by atoms with Gasteiger partial charge < -0.3 is 0 Å². The minimum absolute atomic E-state index is 0.0717. The van der Waals surface area contributed by atoms with E-state index in [9.17, 15) is 0 Å². The van der Waals surface area contributed by atoms with Crippen LogP contribution in [-0.2, 0) is 0 Å². The molecule has 13 heavy (non-hydrogen) atoms. The van der Waals surface area contributed by atoms with Gasteiger partial charge in [0.25, 0.3) is 0 Å². The summed E-state index contributed by atoms with van der Waals surface area (Å²) in [5.74, 6) is 0.579. The largest absolute Gasteiger partial charge is 0.119 e. The Morgan fingerprint density at radius 1 is 1.15 bits per heavy atom. The van der Waals surface area contributed by atoms with Crippen LogP contribution in [-0.4, -0.2) is 4.87 Å². The molecule has 0 saturated heterocycles. The van der Waals surface area contributed by atoms with Crippen molar-refractivity contribution < 1.29 is 0 Å². The maximum Gasteiger partial charge on any atom is 0.0494 e. The van der Waals surface area contributed by atoms with Gasteiger partial charge in [-0.25, -0.2) is 0 Å². The van der Waals surface area contributed by atoms with E-state index in [4.69, 9.17) is 11.6 Å². The molecule has 0 aromatic heterocycles. The topological polar surface area (TPSA) is 0 Å². The number of halogens is 1. The zero-order chi connectivity index (χ0) is 10.7. The molecule has 0 amide bonds. The molecule has 2 unspecified atom stereocenters. The third-order valence-electron chi connectivity index (χ3n) is 3.74. The van der Waals surface area contributed by atoms with Crippen molar-refractivity contribution in [2.75, 3.05) is 0 Å². The van der Waals surface area contributed by atoms with Gasteiger partial charge in [-0.05, 0) is 24.7 Å². The summed E-state index contributed by atoms with van der Waals surface area (Å²) in [5, 5.41) is 0. The van der Waals surface area contributed by atoms with E-state index in [1.54, 1.807) is 0 Å². The molecule has 0 radical (unpaired) electrons. The van der Waals surface area contributed by atoms with Crippen LogP contribution in [0, 0.1) is 11.3 Å². The molecular weight excluding hydrogens is 180 g/mol. The lowest BCUT2D eigenvalue weighted by Crippen LogP contribution is -2.42. The number of rotatable bonds is 5. The summed E-state index contributed by atoms with van der Waals surface area (Å²) in [6.45, 7) is 13.5. The molecule has 2 atom stereocenters. The normalized spacial score (nSPS) is 19.6. The zero-order valence-corrected chi connectivity index (χ0v) is 10.8. The van der Waals surface area contributed by atoms with Gasteiger partial charge in [-0.15, -0.1) is 11.6 Å². The smallest absolute Gasteiger partial charge is 0.0494 e. The Morgan fingerprint density at radius 3 is 1.92 bits per heavy atom. The first-order valence-electron chi connectivity index (χ1n) is 5.48. The molecule has 0 rings (SSSR count). The fourth-order valence-electron chi connectivity index (χ4n) is 1.92. The molecule has 1 heteroatoms. The van der Waals surface area contributed by atoms with Gasteiger partial charge >= 0.3 is 0 Å². The molecule has 0 N–H and O–H groups in total. The predicted octanol–water partition coefficient (Wildman–Crippen LogP) is 4.86. The molecule has 0 spiro atoms. The first kappa shape index (κ1) is 13.3. The van der Waals surface area contributed by atoms with Crippen LogP contribution in [0.2, 0.25) is 0 Å². The van der Waals surface area contributed by atoms with Gasteiger partial charge in [-0.3, -0.25) is 0 Å². The second kappa shape index (κ2) is 4.68. The minimum atomic E-state index is -0.0717. The SMILES string of the molecule is CCCC(C)(C)C(C)(Cl)C(C)CC. The Bertz CT molecular complexity index is 147. The highest BCUT2D eigenvalue weighted by molar-refractivity contribution is 6.24. The van der Waals surface area contributed by atoms with Crippen molar-refractivity contribution in [3.8, 4) is 0 Å². The number of alkyl halides is 1. The lowest BCUT2D eigenvalue weighted by molar-refractivity contribution is 0.176. The van der Waals surface area contributed by atoms with Crippen molar-refractivity contribution in [1.82, 2.24) is 0 Å². The van der Waals surface area contributed by atoms with Crippen molar-refractivity contribution in [3.63, 3.8) is 0 Å². The average molecular weight is 205 g/mol. The molecule has 0 aliphatic rings. The van der Waals surface area contributed by atoms with Crippen LogP contribution in [0.3, 0.4) is 0 Å². The number of hydrogen-bond donors (Lipinski definition) is 0. The summed E-state index contributed by atoms with van der Waals surface area (Å²) in [5.41, 5.74) is 0.235. The third kappa shape index (κ3) is 2.87. The van der Waals surface area contributed by atoms with E-state index < -0.39 is 0 Å². The van der Waals surface area contributed by atoms with Crippen LogP contribution >= 0.6 is 11.6 Å². The average Bonchev–Trinajstić information content (AvgIpc) is 2.02. The van der Waals surface area contributed by atoms with E-state index in [0.29, 0.717) is 5.92 Å². The van der Waals surface area contributed by atoms with E-state index in [1.165, 1.54) is 12.8 Å². The summed E-state index contributed by atoms with van der Waals surface area (Å²) >= 11 is 6.66. The monoisotopic (exact) mass is 204 g/mol. The van der Waals surface area contributed by atoms with E-state index >= 15 is 0 Å². The van der Waals surface area contributed by atoms with Gasteiger partial charge in [0, 0.05) is 4.87 Å². The summed E-state index contributed by atoms with van der Waals surface area (Å²) in [6, 6.07) is 0. The molecule has 0 saturated carbocycles. The van der Waals surface area contributed by atoms with Gasteiger partial charge in [0.2, 0.25) is 0 Å². The summed E-state index contributed by atoms with van der Waals surface area (Å²) in [6.07, 6.45) is 3.58. The highest BCUT2D eigenvalue weighted by Gasteiger charge is 2.41. The first-order chi connectivity index (χ1) is 5.79. The van der Waals surface area contributed by atoms with Crippen LogP contribution in [0.15, 0.2) is 0 Å². The molecule has 0 nitrogen and oxygen atoms in total. The summed E-state index contributed by atoms with van der Waals surface area (Å²) in [4.78, 5) is -0.0717. The van der Waals surface area contributed by atoms with Gasteiger partial charge in [0.05, 0.1) is 0 Å². The molecule has 0 aliphatic carbocycles. The second-order valence-electron chi connectivity index (χ2n) is 5.02. The standard InChI is InChI=1S/C12H25Cl/c1-7-9-11(4,5)12(6,13)10(3)8-2/h10H,7-9H2,1-6H3. The summed E-state index contributed by atoms with van der Waals surface area (Å²) in [7, 11) is 0. The first-order valence-corrected chi connectivity index (χ1v) is 5.86. The van der Waals surface area contributed by atoms with E-state index in [-0.39, 0.29) is 10.3 Å². The Labute approximate surface area is 89.1 Å². The van der Waals surface area contributed by atoms with Gasteiger partial charge in [-0.2, -0.15) is 0 Å². The fraction of sp³-hybridized carbons (Fsp3) is 1.00. The maximum atomic E-state index is 6.66. The van der Waals surface area contributed by atoms with Crippen LogP contribution in [0.1, 0.15) is 60.8 Å². The van der Waals surface area contributed by atoms with Crippen LogP contribution in [0.5, 0.6) is 0 Å². The van der Waals surface area contributed by atoms with Crippen molar-refractivity contribution in [1.29, 1.82) is 0 Å². The maximum absolute atomic E-state index is 6.66. The molecule has 0 fully saturated rings. The molecule has 0 aliphatic heterocycles. The van der Waals surface area contributed by atoms with Gasteiger partial charge in [-0.1, -0.05) is 47.5 Å². The second-order valence-corrected chi connectivity index (χ2v) is 5.80. The molecule has 0 aromatic carbocycles. The Kier molecular flexibility index (Phi) is 4.79. The number of hydrogen-bond acceptors (Lipinski definition) is 0. The molecule has 0 heterocycles. The third-order valence-corrected chi connectivity index (χ3v) is 4.62. The van der Waals surface area contributed by atoms with Crippen molar-refractivity contribution in [2.45, 2.75) is 65.7 Å². The van der Waals surface area contributed by atoms with Crippen molar-refractivity contribution >= 4 is 11.6 Å². The highest BCUT2D eigenvalue weighted by atomic mass is 35.5. The van der Waals surface area contributed by atoms with Crippen molar-refractivity contribution in [2.24, 2.45) is 11.3 Å². The quantitative estimate of drug-likeness (QED) is 0.562. The molecule has 80 valence electrons. The van der Waals surface area contributed by atoms with E-state index in [1.807, 2.05) is 0 Å². The fourth-order valence-corrected chi connectivity index (χ4v) is 2.17. The Balaban J connectivity index is 4.58. The molecular formula is C12H25Cl.